The molecule has 6 heteroatoms. The van der Waals surface area contributed by atoms with Crippen molar-refractivity contribution in [3.8, 4) is 5.75 Å². The highest BCUT2D eigenvalue weighted by molar-refractivity contribution is 7.10. The average Bonchev–Trinajstić information content (AvgIpc) is 3.23. The van der Waals surface area contributed by atoms with Crippen molar-refractivity contribution >= 4 is 28.7 Å². The average molecular weight is 408 g/mol. The highest BCUT2D eigenvalue weighted by atomic mass is 32.1. The Labute approximate surface area is 175 Å². The van der Waals surface area contributed by atoms with Gasteiger partial charge in [-0.2, -0.15) is 0 Å². The number of fused-ring (bicyclic) bond motifs is 1. The SMILES string of the molecule is COc1ccc(CCNC(=O)Nc2ccc(N3CCc4sccc4C3)cc2)cc1. The standard InChI is InChI=1S/C23H25N3O2S/c1-28-21-8-2-17(3-9-21)10-13-24-23(27)25-19-4-6-20(7-5-19)26-14-11-22-18(16-26)12-15-29-22/h2-9,12,15H,10-11,13-14,16H2,1H3,(H2,24,25,27). The first-order valence-electron chi connectivity index (χ1n) is 9.79. The molecule has 1 aromatic heterocycles. The Hall–Kier alpha value is -2.99. The fraction of sp³-hybridized carbons (Fsp3) is 0.261. The minimum absolute atomic E-state index is 0.188. The van der Waals surface area contributed by atoms with Crippen molar-refractivity contribution in [1.29, 1.82) is 0 Å². The molecule has 1 aliphatic heterocycles. The van der Waals surface area contributed by atoms with E-state index in [0.717, 1.165) is 42.9 Å². The molecule has 0 unspecified atom stereocenters. The van der Waals surface area contributed by atoms with Crippen LogP contribution in [-0.4, -0.2) is 26.2 Å². The van der Waals surface area contributed by atoms with Gasteiger partial charge in [-0.1, -0.05) is 12.1 Å². The third-order valence-electron chi connectivity index (χ3n) is 5.16. The molecule has 0 bridgehead atoms. The van der Waals surface area contributed by atoms with E-state index < -0.39 is 0 Å². The molecular weight excluding hydrogens is 382 g/mol. The van der Waals surface area contributed by atoms with E-state index in [1.807, 2.05) is 47.7 Å². The molecule has 0 saturated carbocycles. The fourth-order valence-electron chi connectivity index (χ4n) is 3.51. The summed E-state index contributed by atoms with van der Waals surface area (Å²) in [6.07, 6.45) is 1.87. The third kappa shape index (κ3) is 4.90. The van der Waals surface area contributed by atoms with Gasteiger partial charge in [0.15, 0.2) is 0 Å². The monoisotopic (exact) mass is 407 g/mol. The molecule has 2 N–H and O–H groups in total. The van der Waals surface area contributed by atoms with Gasteiger partial charge in [0.05, 0.1) is 7.11 Å². The molecule has 0 saturated heterocycles. The summed E-state index contributed by atoms with van der Waals surface area (Å²) in [5.74, 6) is 0.836. The van der Waals surface area contributed by atoms with Crippen molar-refractivity contribution < 1.29 is 9.53 Å². The number of ether oxygens (including phenoxy) is 1. The van der Waals surface area contributed by atoms with Crippen molar-refractivity contribution in [2.45, 2.75) is 19.4 Å². The number of urea groups is 1. The number of rotatable bonds is 6. The van der Waals surface area contributed by atoms with Crippen LogP contribution in [0.3, 0.4) is 0 Å². The lowest BCUT2D eigenvalue weighted by molar-refractivity contribution is 0.252. The third-order valence-corrected chi connectivity index (χ3v) is 6.18. The van der Waals surface area contributed by atoms with Gasteiger partial charge < -0.3 is 20.3 Å². The van der Waals surface area contributed by atoms with Crippen LogP contribution in [0.15, 0.2) is 60.0 Å². The smallest absolute Gasteiger partial charge is 0.319 e. The summed E-state index contributed by atoms with van der Waals surface area (Å²) in [5.41, 5.74) is 4.57. The molecule has 4 rings (SSSR count). The van der Waals surface area contributed by atoms with Gasteiger partial charge in [0.25, 0.3) is 0 Å². The van der Waals surface area contributed by atoms with Gasteiger partial charge in [0.1, 0.15) is 5.75 Å². The summed E-state index contributed by atoms with van der Waals surface area (Å²) in [4.78, 5) is 16.0. The molecule has 2 aromatic carbocycles. The molecule has 0 fully saturated rings. The molecule has 2 heterocycles. The number of anilines is 2. The van der Waals surface area contributed by atoms with Crippen LogP contribution in [0.1, 0.15) is 16.0 Å². The number of methoxy groups -OCH3 is 1. The van der Waals surface area contributed by atoms with Gasteiger partial charge in [-0.25, -0.2) is 4.79 Å². The van der Waals surface area contributed by atoms with Crippen LogP contribution in [0, 0.1) is 0 Å². The Morgan fingerprint density at radius 1 is 1.10 bits per heavy atom. The summed E-state index contributed by atoms with van der Waals surface area (Å²) >= 11 is 1.85. The Balaban J connectivity index is 1.24. The van der Waals surface area contributed by atoms with Crippen LogP contribution in [0.25, 0.3) is 0 Å². The van der Waals surface area contributed by atoms with Crippen LogP contribution in [0.2, 0.25) is 0 Å². The van der Waals surface area contributed by atoms with E-state index in [1.165, 1.54) is 16.1 Å². The number of benzene rings is 2. The summed E-state index contributed by atoms with van der Waals surface area (Å²) in [6, 6.07) is 18.0. The lowest BCUT2D eigenvalue weighted by Crippen LogP contribution is -2.30. The van der Waals surface area contributed by atoms with Crippen LogP contribution < -0.4 is 20.3 Å². The van der Waals surface area contributed by atoms with E-state index in [9.17, 15) is 4.79 Å². The van der Waals surface area contributed by atoms with Crippen molar-refractivity contribution in [1.82, 2.24) is 5.32 Å². The maximum Gasteiger partial charge on any atom is 0.319 e. The van der Waals surface area contributed by atoms with Crippen LogP contribution in [-0.2, 0) is 19.4 Å². The van der Waals surface area contributed by atoms with E-state index in [1.54, 1.807) is 7.11 Å². The quantitative estimate of drug-likeness (QED) is 0.624. The highest BCUT2D eigenvalue weighted by Gasteiger charge is 2.17. The van der Waals surface area contributed by atoms with Gasteiger partial charge in [-0.05, 0) is 71.8 Å². The molecule has 29 heavy (non-hydrogen) atoms. The van der Waals surface area contributed by atoms with Crippen molar-refractivity contribution in [2.75, 3.05) is 30.4 Å². The minimum Gasteiger partial charge on any atom is -0.497 e. The number of carbonyl (C=O) groups is 1. The molecule has 0 radical (unpaired) electrons. The highest BCUT2D eigenvalue weighted by Crippen LogP contribution is 2.28. The fourth-order valence-corrected chi connectivity index (χ4v) is 4.40. The molecule has 0 spiro atoms. The van der Waals surface area contributed by atoms with E-state index in [2.05, 4.69) is 39.1 Å². The molecule has 2 amide bonds. The number of amides is 2. The predicted octanol–water partition coefficient (Wildman–Crippen LogP) is 4.68. The zero-order chi connectivity index (χ0) is 20.1. The molecule has 3 aromatic rings. The normalized spacial score (nSPS) is 12.9. The van der Waals surface area contributed by atoms with Crippen LogP contribution >= 0.6 is 11.3 Å². The lowest BCUT2D eigenvalue weighted by Gasteiger charge is -2.29. The second-order valence-corrected chi connectivity index (χ2v) is 8.07. The van der Waals surface area contributed by atoms with E-state index in [4.69, 9.17) is 4.74 Å². The Morgan fingerprint density at radius 2 is 1.90 bits per heavy atom. The van der Waals surface area contributed by atoms with Gasteiger partial charge in [-0.15, -0.1) is 11.3 Å². The number of hydrogen-bond acceptors (Lipinski definition) is 4. The summed E-state index contributed by atoms with van der Waals surface area (Å²) < 4.78 is 5.15. The summed E-state index contributed by atoms with van der Waals surface area (Å²) in [6.45, 7) is 2.57. The summed E-state index contributed by atoms with van der Waals surface area (Å²) in [5, 5.41) is 7.98. The molecule has 0 atom stereocenters. The largest absolute Gasteiger partial charge is 0.497 e. The van der Waals surface area contributed by atoms with E-state index in [-0.39, 0.29) is 6.03 Å². The zero-order valence-corrected chi connectivity index (χ0v) is 17.3. The topological polar surface area (TPSA) is 53.6 Å². The minimum atomic E-state index is -0.188. The zero-order valence-electron chi connectivity index (χ0n) is 16.5. The van der Waals surface area contributed by atoms with Crippen LogP contribution in [0.4, 0.5) is 16.2 Å². The Kier molecular flexibility index (Phi) is 6.00. The number of thiophene rings is 1. The van der Waals surface area contributed by atoms with Crippen molar-refractivity contribution in [2.24, 2.45) is 0 Å². The molecule has 0 aliphatic carbocycles. The van der Waals surface area contributed by atoms with Gasteiger partial charge in [0, 0.05) is 35.9 Å². The number of carbonyl (C=O) groups excluding carboxylic acids is 1. The first-order valence-corrected chi connectivity index (χ1v) is 10.7. The van der Waals surface area contributed by atoms with Gasteiger partial charge in [0.2, 0.25) is 0 Å². The number of nitrogens with zero attached hydrogens (tertiary/aromatic N) is 1. The van der Waals surface area contributed by atoms with Crippen molar-refractivity contribution in [3.05, 3.63) is 76.0 Å². The van der Waals surface area contributed by atoms with Gasteiger partial charge in [-0.3, -0.25) is 0 Å². The first-order chi connectivity index (χ1) is 14.2. The maximum absolute atomic E-state index is 12.1. The summed E-state index contributed by atoms with van der Waals surface area (Å²) in [7, 11) is 1.65. The predicted molar refractivity (Wildman–Crippen MR) is 119 cm³/mol. The molecule has 1 aliphatic rings. The van der Waals surface area contributed by atoms with E-state index >= 15 is 0 Å². The molecular formula is C23H25N3O2S. The molecule has 150 valence electrons. The lowest BCUT2D eigenvalue weighted by atomic mass is 10.1. The Morgan fingerprint density at radius 3 is 2.66 bits per heavy atom. The maximum atomic E-state index is 12.1. The first kappa shape index (κ1) is 19.3. The van der Waals surface area contributed by atoms with Crippen molar-refractivity contribution in [3.63, 3.8) is 0 Å². The Bertz CT molecular complexity index is 951. The second kappa shape index (κ2) is 9.01. The number of nitrogens with one attached hydrogen (secondary N) is 2. The van der Waals surface area contributed by atoms with Gasteiger partial charge >= 0.3 is 6.03 Å². The molecule has 5 nitrogen and oxygen atoms in total. The van der Waals surface area contributed by atoms with Crippen LogP contribution in [0.5, 0.6) is 5.75 Å². The van der Waals surface area contributed by atoms with E-state index in [0.29, 0.717) is 6.54 Å². The second-order valence-electron chi connectivity index (χ2n) is 7.07. The number of hydrogen-bond donors (Lipinski definition) is 2.